The van der Waals surface area contributed by atoms with Crippen molar-refractivity contribution in [3.63, 3.8) is 0 Å². The van der Waals surface area contributed by atoms with Crippen molar-refractivity contribution in [3.05, 3.63) is 16.0 Å². The summed E-state index contributed by atoms with van der Waals surface area (Å²) in [6, 6.07) is 0. The number of nitrogens with two attached hydrogens (primary N) is 2. The van der Waals surface area contributed by atoms with Crippen molar-refractivity contribution >= 4 is 28.2 Å². The van der Waals surface area contributed by atoms with E-state index in [1.807, 2.05) is 4.90 Å². The van der Waals surface area contributed by atoms with Crippen molar-refractivity contribution < 1.29 is 9.59 Å². The second kappa shape index (κ2) is 3.98. The lowest BCUT2D eigenvalue weighted by molar-refractivity contribution is -0.133. The SMILES string of the molecule is NC(=O)c1c(N)sc2c1CCN(C(=O)C1CC1)C2. The molecule has 5 nitrogen and oxygen atoms in total. The average molecular weight is 265 g/mol. The van der Waals surface area contributed by atoms with Crippen molar-refractivity contribution in [1.82, 2.24) is 4.90 Å². The van der Waals surface area contributed by atoms with Gasteiger partial charge in [-0.1, -0.05) is 0 Å². The Bertz CT molecular complexity index is 534. The van der Waals surface area contributed by atoms with E-state index in [0.29, 0.717) is 30.1 Å². The first-order valence-electron chi connectivity index (χ1n) is 6.06. The molecule has 0 atom stereocenters. The highest BCUT2D eigenvalue weighted by atomic mass is 32.1. The van der Waals surface area contributed by atoms with Crippen LogP contribution in [0.1, 0.15) is 33.6 Å². The second-order valence-electron chi connectivity index (χ2n) is 4.89. The van der Waals surface area contributed by atoms with E-state index < -0.39 is 5.91 Å². The number of rotatable bonds is 2. The Kier molecular flexibility index (Phi) is 2.55. The molecule has 0 aromatic carbocycles. The molecule has 1 aliphatic carbocycles. The Labute approximate surface area is 109 Å². The molecule has 4 N–H and O–H groups in total. The quantitative estimate of drug-likeness (QED) is 0.825. The minimum Gasteiger partial charge on any atom is -0.390 e. The minimum absolute atomic E-state index is 0.236. The molecule has 0 saturated heterocycles. The fourth-order valence-electron chi connectivity index (χ4n) is 2.47. The number of carbonyl (C=O) groups is 2. The zero-order chi connectivity index (χ0) is 12.9. The number of nitrogens with zero attached hydrogens (tertiary/aromatic N) is 1. The zero-order valence-electron chi connectivity index (χ0n) is 9.94. The van der Waals surface area contributed by atoms with Gasteiger partial charge in [-0.2, -0.15) is 0 Å². The minimum atomic E-state index is -0.466. The average Bonchev–Trinajstić information content (AvgIpc) is 3.09. The van der Waals surface area contributed by atoms with Crippen molar-refractivity contribution in [3.8, 4) is 0 Å². The molecule has 0 spiro atoms. The maximum absolute atomic E-state index is 12.0. The number of hydrogen-bond donors (Lipinski definition) is 2. The highest BCUT2D eigenvalue weighted by Crippen LogP contribution is 2.37. The molecule has 18 heavy (non-hydrogen) atoms. The van der Waals surface area contributed by atoms with Gasteiger partial charge >= 0.3 is 0 Å². The van der Waals surface area contributed by atoms with Gasteiger partial charge < -0.3 is 16.4 Å². The first-order valence-corrected chi connectivity index (χ1v) is 6.88. The van der Waals surface area contributed by atoms with E-state index >= 15 is 0 Å². The van der Waals surface area contributed by atoms with Crippen molar-refractivity contribution in [2.45, 2.75) is 25.8 Å². The third-order valence-corrected chi connectivity index (χ3v) is 4.61. The van der Waals surface area contributed by atoms with Gasteiger partial charge in [0, 0.05) is 17.3 Å². The Morgan fingerprint density at radius 2 is 2.06 bits per heavy atom. The number of carbonyl (C=O) groups excluding carboxylic acids is 2. The predicted octanol–water partition coefficient (Wildman–Crippen LogP) is 0.724. The third-order valence-electron chi connectivity index (χ3n) is 3.57. The molecule has 0 bridgehead atoms. The molecule has 0 radical (unpaired) electrons. The zero-order valence-corrected chi connectivity index (χ0v) is 10.8. The molecule has 2 heterocycles. The second-order valence-corrected chi connectivity index (χ2v) is 6.03. The summed E-state index contributed by atoms with van der Waals surface area (Å²) in [4.78, 5) is 26.3. The van der Waals surface area contributed by atoms with Crippen molar-refractivity contribution in [1.29, 1.82) is 0 Å². The van der Waals surface area contributed by atoms with Crippen LogP contribution in [0.4, 0.5) is 5.00 Å². The Hall–Kier alpha value is -1.56. The molecule has 3 rings (SSSR count). The van der Waals surface area contributed by atoms with E-state index in [4.69, 9.17) is 11.5 Å². The summed E-state index contributed by atoms with van der Waals surface area (Å²) in [7, 11) is 0. The van der Waals surface area contributed by atoms with Crippen LogP contribution < -0.4 is 11.5 Å². The maximum atomic E-state index is 12.0. The van der Waals surface area contributed by atoms with Gasteiger partial charge in [0.15, 0.2) is 0 Å². The Balaban J connectivity index is 1.87. The third kappa shape index (κ3) is 1.77. The van der Waals surface area contributed by atoms with Gasteiger partial charge in [0.25, 0.3) is 5.91 Å². The predicted molar refractivity (Wildman–Crippen MR) is 69.1 cm³/mol. The number of anilines is 1. The molecule has 96 valence electrons. The van der Waals surface area contributed by atoms with Gasteiger partial charge in [0.2, 0.25) is 5.91 Å². The summed E-state index contributed by atoms with van der Waals surface area (Å²) in [5, 5.41) is 0.480. The summed E-state index contributed by atoms with van der Waals surface area (Å²) in [6.45, 7) is 1.24. The summed E-state index contributed by atoms with van der Waals surface area (Å²) < 4.78 is 0. The molecule has 1 fully saturated rings. The van der Waals surface area contributed by atoms with Crippen LogP contribution in [0, 0.1) is 5.92 Å². The molecule has 1 aromatic heterocycles. The smallest absolute Gasteiger partial charge is 0.251 e. The lowest BCUT2D eigenvalue weighted by atomic mass is 10.0. The number of hydrogen-bond acceptors (Lipinski definition) is 4. The molecule has 1 saturated carbocycles. The standard InChI is InChI=1S/C12H15N3O2S/c13-10(16)9-7-3-4-15(12(17)6-1-2-6)5-8(7)18-11(9)14/h6H,1-5,14H2,(H2,13,16). The summed E-state index contributed by atoms with van der Waals surface area (Å²) in [5.74, 6) is 0.0136. The fourth-order valence-corrected chi connectivity index (χ4v) is 3.61. The van der Waals surface area contributed by atoms with Crippen LogP contribution in [-0.2, 0) is 17.8 Å². The van der Waals surface area contributed by atoms with Gasteiger partial charge in [-0.05, 0) is 24.8 Å². The van der Waals surface area contributed by atoms with Crippen molar-refractivity contribution in [2.75, 3.05) is 12.3 Å². The van der Waals surface area contributed by atoms with Gasteiger partial charge in [-0.3, -0.25) is 9.59 Å². The highest BCUT2D eigenvalue weighted by molar-refractivity contribution is 7.16. The first-order chi connectivity index (χ1) is 8.58. The lowest BCUT2D eigenvalue weighted by Crippen LogP contribution is -2.36. The molecule has 1 aliphatic heterocycles. The van der Waals surface area contributed by atoms with Crippen LogP contribution in [-0.4, -0.2) is 23.3 Å². The topological polar surface area (TPSA) is 89.4 Å². The lowest BCUT2D eigenvalue weighted by Gasteiger charge is -2.27. The monoisotopic (exact) mass is 265 g/mol. The van der Waals surface area contributed by atoms with E-state index in [1.54, 1.807) is 0 Å². The number of amides is 2. The van der Waals surface area contributed by atoms with Crippen LogP contribution in [0.2, 0.25) is 0 Å². The Morgan fingerprint density at radius 3 is 2.67 bits per heavy atom. The highest BCUT2D eigenvalue weighted by Gasteiger charge is 2.36. The van der Waals surface area contributed by atoms with E-state index in [-0.39, 0.29) is 11.8 Å². The van der Waals surface area contributed by atoms with Gasteiger partial charge in [-0.15, -0.1) is 11.3 Å². The van der Waals surface area contributed by atoms with Crippen LogP contribution in [0.15, 0.2) is 0 Å². The summed E-state index contributed by atoms with van der Waals surface area (Å²) in [5.41, 5.74) is 12.6. The molecule has 0 unspecified atom stereocenters. The molecular weight excluding hydrogens is 250 g/mol. The normalized spacial score (nSPS) is 18.6. The fraction of sp³-hybridized carbons (Fsp3) is 0.500. The van der Waals surface area contributed by atoms with Gasteiger partial charge in [0.05, 0.1) is 17.1 Å². The molecule has 1 aromatic rings. The van der Waals surface area contributed by atoms with Gasteiger partial charge in [0.1, 0.15) is 0 Å². The summed E-state index contributed by atoms with van der Waals surface area (Å²) in [6.07, 6.45) is 2.71. The Morgan fingerprint density at radius 1 is 1.33 bits per heavy atom. The molecule has 2 aliphatic rings. The number of primary amides is 1. The van der Waals surface area contributed by atoms with E-state index in [2.05, 4.69) is 0 Å². The molecule has 2 amide bonds. The first kappa shape index (κ1) is 11.5. The van der Waals surface area contributed by atoms with Crippen LogP contribution in [0.5, 0.6) is 0 Å². The van der Waals surface area contributed by atoms with E-state index in [1.165, 1.54) is 11.3 Å². The van der Waals surface area contributed by atoms with Crippen LogP contribution in [0.25, 0.3) is 0 Å². The van der Waals surface area contributed by atoms with Crippen LogP contribution in [0.3, 0.4) is 0 Å². The van der Waals surface area contributed by atoms with E-state index in [0.717, 1.165) is 23.3 Å². The van der Waals surface area contributed by atoms with E-state index in [9.17, 15) is 9.59 Å². The van der Waals surface area contributed by atoms with Crippen molar-refractivity contribution in [2.24, 2.45) is 11.7 Å². The summed E-state index contributed by atoms with van der Waals surface area (Å²) >= 11 is 1.38. The number of thiophene rings is 1. The largest absolute Gasteiger partial charge is 0.390 e. The number of fused-ring (bicyclic) bond motifs is 1. The molecule has 6 heteroatoms. The molecular formula is C12H15N3O2S. The van der Waals surface area contributed by atoms with Gasteiger partial charge in [-0.25, -0.2) is 0 Å². The number of nitrogen functional groups attached to an aromatic ring is 1. The maximum Gasteiger partial charge on any atom is 0.251 e. The van der Waals surface area contributed by atoms with Crippen LogP contribution >= 0.6 is 11.3 Å².